The van der Waals surface area contributed by atoms with Crippen LogP contribution in [0, 0.1) is 0 Å². The second-order valence-electron chi connectivity index (χ2n) is 16.6. The maximum atomic E-state index is 2.46. The molecule has 0 bridgehead atoms. The number of rotatable bonds is 6. The first kappa shape index (κ1) is 35.4. The van der Waals surface area contributed by atoms with Crippen LogP contribution in [0.25, 0.3) is 116 Å². The van der Waals surface area contributed by atoms with E-state index in [2.05, 4.69) is 250 Å². The maximum Gasteiger partial charge on any atom is 0.0561 e. The van der Waals surface area contributed by atoms with Gasteiger partial charge in [-0.05, 0) is 106 Å². The third-order valence-electron chi connectivity index (χ3n) is 13.0. The van der Waals surface area contributed by atoms with Crippen molar-refractivity contribution in [3.63, 3.8) is 0 Å². The average molecular weight is 802 g/mol. The van der Waals surface area contributed by atoms with Gasteiger partial charge in [0, 0.05) is 49.4 Å². The van der Waals surface area contributed by atoms with Gasteiger partial charge >= 0.3 is 0 Å². The summed E-state index contributed by atoms with van der Waals surface area (Å²) in [5.74, 6) is 0. The van der Waals surface area contributed by atoms with E-state index in [1.54, 1.807) is 0 Å². The van der Waals surface area contributed by atoms with Gasteiger partial charge < -0.3 is 13.7 Å². The van der Waals surface area contributed by atoms with Gasteiger partial charge in [0.15, 0.2) is 0 Å². The van der Waals surface area contributed by atoms with E-state index in [4.69, 9.17) is 0 Å². The molecule has 294 valence electrons. The molecular formula is C60H39N3. The van der Waals surface area contributed by atoms with Crippen LogP contribution in [0.15, 0.2) is 237 Å². The normalized spacial score (nSPS) is 11.8. The Morgan fingerprint density at radius 2 is 0.540 bits per heavy atom. The Bertz CT molecular complexity index is 3830. The Hall–Kier alpha value is -8.40. The zero-order chi connectivity index (χ0) is 41.4. The van der Waals surface area contributed by atoms with Crippen LogP contribution in [-0.4, -0.2) is 13.7 Å². The molecule has 0 unspecified atom stereocenters. The quantitative estimate of drug-likeness (QED) is 0.159. The molecule has 63 heavy (non-hydrogen) atoms. The summed E-state index contributed by atoms with van der Waals surface area (Å²) in [5, 5.41) is 7.45. The van der Waals surface area contributed by atoms with Crippen molar-refractivity contribution in [3.05, 3.63) is 237 Å². The van der Waals surface area contributed by atoms with Crippen molar-refractivity contribution in [2.24, 2.45) is 0 Å². The van der Waals surface area contributed by atoms with E-state index >= 15 is 0 Å². The molecule has 0 radical (unpaired) electrons. The van der Waals surface area contributed by atoms with Gasteiger partial charge in [-0.3, -0.25) is 0 Å². The van der Waals surface area contributed by atoms with Crippen LogP contribution in [0.2, 0.25) is 0 Å². The molecule has 0 saturated heterocycles. The molecular weight excluding hydrogens is 763 g/mol. The highest BCUT2D eigenvalue weighted by Crippen LogP contribution is 2.41. The summed E-state index contributed by atoms with van der Waals surface area (Å²) >= 11 is 0. The second kappa shape index (κ2) is 14.1. The number of nitrogens with zero attached hydrogens (tertiary/aromatic N) is 3. The fraction of sp³-hybridized carbons (Fsp3) is 0. The minimum absolute atomic E-state index is 1.13. The lowest BCUT2D eigenvalue weighted by Crippen LogP contribution is -1.97. The van der Waals surface area contributed by atoms with E-state index in [-0.39, 0.29) is 0 Å². The van der Waals surface area contributed by atoms with Crippen molar-refractivity contribution in [2.45, 2.75) is 0 Å². The fourth-order valence-corrected chi connectivity index (χ4v) is 10.1. The minimum atomic E-state index is 1.13. The average Bonchev–Trinajstić information content (AvgIpc) is 3.99. The first-order valence-electron chi connectivity index (χ1n) is 21.7. The van der Waals surface area contributed by atoms with Crippen molar-refractivity contribution >= 4 is 65.4 Å². The first-order chi connectivity index (χ1) is 31.2. The maximum absolute atomic E-state index is 2.46. The number of fused-ring (bicyclic) bond motifs is 9. The van der Waals surface area contributed by atoms with Gasteiger partial charge in [-0.2, -0.15) is 0 Å². The van der Waals surface area contributed by atoms with Crippen LogP contribution in [0.1, 0.15) is 0 Å². The largest absolute Gasteiger partial charge is 0.309 e. The zero-order valence-electron chi connectivity index (χ0n) is 34.4. The Morgan fingerprint density at radius 1 is 0.175 bits per heavy atom. The highest BCUT2D eigenvalue weighted by atomic mass is 15.0. The van der Waals surface area contributed by atoms with Crippen molar-refractivity contribution in [2.75, 3.05) is 0 Å². The lowest BCUT2D eigenvalue weighted by atomic mass is 9.98. The molecule has 0 aliphatic rings. The fourth-order valence-electron chi connectivity index (χ4n) is 10.1. The number of benzene rings is 10. The lowest BCUT2D eigenvalue weighted by Gasteiger charge is -2.14. The van der Waals surface area contributed by atoms with E-state index in [9.17, 15) is 0 Å². The molecule has 3 aromatic heterocycles. The summed E-state index contributed by atoms with van der Waals surface area (Å²) in [6, 6.07) is 86.6. The lowest BCUT2D eigenvalue weighted by molar-refractivity contribution is 1.15. The van der Waals surface area contributed by atoms with E-state index in [0.29, 0.717) is 0 Å². The second-order valence-corrected chi connectivity index (χ2v) is 16.6. The van der Waals surface area contributed by atoms with Crippen molar-refractivity contribution in [1.29, 1.82) is 0 Å². The third kappa shape index (κ3) is 5.60. The predicted molar refractivity (Wildman–Crippen MR) is 266 cm³/mol. The van der Waals surface area contributed by atoms with Gasteiger partial charge in [0.25, 0.3) is 0 Å². The molecule has 0 fully saturated rings. The van der Waals surface area contributed by atoms with Crippen LogP contribution in [0.5, 0.6) is 0 Å². The molecule has 0 atom stereocenters. The standard InChI is InChI=1S/C60H39N3/c1-4-16-40(17-5-1)44-34-45(41-18-6-2-7-19-41)36-48(35-44)63-57-27-15-12-23-50(57)53-32-29-43(38-59(53)63)42-28-31-52-49-22-11-14-26-56(49)62(58(52)37-42)47-30-33-54-51-24-10-13-25-55(51)61(60(54)39-47)46-20-8-3-9-21-46/h1-39H. The van der Waals surface area contributed by atoms with E-state index in [1.807, 2.05) is 0 Å². The highest BCUT2D eigenvalue weighted by molar-refractivity contribution is 6.14. The first-order valence-corrected chi connectivity index (χ1v) is 21.7. The topological polar surface area (TPSA) is 14.8 Å². The monoisotopic (exact) mass is 801 g/mol. The van der Waals surface area contributed by atoms with Crippen LogP contribution in [0.3, 0.4) is 0 Å². The van der Waals surface area contributed by atoms with E-state index < -0.39 is 0 Å². The predicted octanol–water partition coefficient (Wildman–Crippen LogP) is 16.0. The van der Waals surface area contributed by atoms with E-state index in [1.165, 1.54) is 98.8 Å². The van der Waals surface area contributed by atoms with Gasteiger partial charge in [-0.15, -0.1) is 0 Å². The molecule has 0 N–H and O–H groups in total. The zero-order valence-corrected chi connectivity index (χ0v) is 34.4. The number of aromatic nitrogens is 3. The molecule has 13 rings (SSSR count). The number of hydrogen-bond acceptors (Lipinski definition) is 0. The van der Waals surface area contributed by atoms with Gasteiger partial charge in [-0.1, -0.05) is 164 Å². The number of hydrogen-bond donors (Lipinski definition) is 0. The van der Waals surface area contributed by atoms with Crippen molar-refractivity contribution in [3.8, 4) is 50.4 Å². The molecule has 3 nitrogen and oxygen atoms in total. The molecule has 0 saturated carbocycles. The molecule has 13 aromatic rings. The molecule has 0 amide bonds. The summed E-state index contributed by atoms with van der Waals surface area (Å²) < 4.78 is 7.32. The van der Waals surface area contributed by atoms with Crippen LogP contribution in [0.4, 0.5) is 0 Å². The van der Waals surface area contributed by atoms with Crippen LogP contribution >= 0.6 is 0 Å². The smallest absolute Gasteiger partial charge is 0.0561 e. The van der Waals surface area contributed by atoms with Gasteiger partial charge in [0.2, 0.25) is 0 Å². The SMILES string of the molecule is c1ccc(-c2cc(-c3ccccc3)cc(-n3c4ccccc4c4ccc(-c5ccc6c7ccccc7n(-c7ccc8c9ccccc9n(-c9ccccc9)c8c7)c6c5)cc43)c2)cc1. The molecule has 3 heterocycles. The molecule has 0 spiro atoms. The summed E-state index contributed by atoms with van der Waals surface area (Å²) in [6.45, 7) is 0. The Kier molecular flexibility index (Phi) is 7.91. The number of para-hydroxylation sites is 4. The molecule has 3 heteroatoms. The Balaban J connectivity index is 1.02. The summed E-state index contributed by atoms with van der Waals surface area (Å²) in [6.07, 6.45) is 0. The molecule has 10 aromatic carbocycles. The molecule has 0 aliphatic carbocycles. The Morgan fingerprint density at radius 3 is 1.03 bits per heavy atom. The van der Waals surface area contributed by atoms with Crippen LogP contribution < -0.4 is 0 Å². The summed E-state index contributed by atoms with van der Waals surface area (Å²) in [7, 11) is 0. The van der Waals surface area contributed by atoms with Gasteiger partial charge in [-0.25, -0.2) is 0 Å². The van der Waals surface area contributed by atoms with Gasteiger partial charge in [0.1, 0.15) is 0 Å². The summed E-state index contributed by atoms with van der Waals surface area (Å²) in [4.78, 5) is 0. The van der Waals surface area contributed by atoms with Crippen LogP contribution in [-0.2, 0) is 0 Å². The minimum Gasteiger partial charge on any atom is -0.309 e. The third-order valence-corrected chi connectivity index (χ3v) is 13.0. The van der Waals surface area contributed by atoms with Gasteiger partial charge in [0.05, 0.1) is 33.1 Å². The summed E-state index contributed by atoms with van der Waals surface area (Å²) in [5.41, 5.74) is 17.7. The molecule has 0 aliphatic heterocycles. The Labute approximate surface area is 364 Å². The van der Waals surface area contributed by atoms with E-state index in [0.717, 1.165) is 17.1 Å². The van der Waals surface area contributed by atoms with Crippen molar-refractivity contribution < 1.29 is 0 Å². The highest BCUT2D eigenvalue weighted by Gasteiger charge is 2.19. The van der Waals surface area contributed by atoms with Crippen molar-refractivity contribution in [1.82, 2.24) is 13.7 Å².